The van der Waals surface area contributed by atoms with Gasteiger partial charge in [-0.2, -0.15) is 5.10 Å². The predicted molar refractivity (Wildman–Crippen MR) is 84.3 cm³/mol. The lowest BCUT2D eigenvalue weighted by molar-refractivity contribution is 0.104. The maximum atomic E-state index is 12.3. The van der Waals surface area contributed by atoms with Crippen LogP contribution in [0.2, 0.25) is 5.02 Å². The molecule has 0 aliphatic carbocycles. The van der Waals surface area contributed by atoms with Crippen molar-refractivity contribution in [3.05, 3.63) is 76.7 Å². The molecular weight excluding hydrogens is 318 g/mol. The Kier molecular flexibility index (Phi) is 4.25. The molecule has 0 unspecified atom stereocenters. The van der Waals surface area contributed by atoms with Crippen molar-refractivity contribution in [2.75, 3.05) is 0 Å². The van der Waals surface area contributed by atoms with Crippen LogP contribution in [-0.4, -0.2) is 26.1 Å². The van der Waals surface area contributed by atoms with Crippen molar-refractivity contribution in [1.29, 1.82) is 0 Å². The minimum absolute atomic E-state index is 0.0566. The number of ketones is 1. The number of halogens is 1. The van der Waals surface area contributed by atoms with Crippen molar-refractivity contribution in [3.63, 3.8) is 0 Å². The molecule has 0 spiro atoms. The van der Waals surface area contributed by atoms with Crippen LogP contribution in [-0.2, 0) is 6.42 Å². The Morgan fingerprint density at radius 1 is 1.30 bits per heavy atom. The van der Waals surface area contributed by atoms with E-state index in [2.05, 4.69) is 15.2 Å². The summed E-state index contributed by atoms with van der Waals surface area (Å²) in [5, 5.41) is 16.7. The van der Waals surface area contributed by atoms with Gasteiger partial charge in [0.25, 0.3) is 0 Å². The molecule has 116 valence electrons. The first-order chi connectivity index (χ1) is 11.1. The first-order valence-corrected chi connectivity index (χ1v) is 7.13. The standard InChI is InChI=1S/C16H12ClN3O3/c17-11-3-1-10(2-4-11)7-15-12(5-6-23-15)13(21)8-14(22)16-18-9-19-20-16/h1-6,8-9,22H,7H2,(H,18,19,20). The zero-order valence-electron chi connectivity index (χ0n) is 11.9. The van der Waals surface area contributed by atoms with Gasteiger partial charge in [0.2, 0.25) is 5.82 Å². The normalized spacial score (nSPS) is 11.6. The fraction of sp³-hybridized carbons (Fsp3) is 0.0625. The second-order valence-corrected chi connectivity index (χ2v) is 5.21. The number of aliphatic hydroxyl groups is 1. The highest BCUT2D eigenvalue weighted by Crippen LogP contribution is 2.19. The molecule has 0 amide bonds. The van der Waals surface area contributed by atoms with Gasteiger partial charge in [-0.05, 0) is 23.8 Å². The average Bonchev–Trinajstić information content (AvgIpc) is 3.20. The maximum Gasteiger partial charge on any atom is 0.215 e. The summed E-state index contributed by atoms with van der Waals surface area (Å²) in [6.45, 7) is 0. The Morgan fingerprint density at radius 2 is 2.09 bits per heavy atom. The van der Waals surface area contributed by atoms with Crippen molar-refractivity contribution in [3.8, 4) is 0 Å². The molecule has 0 bridgehead atoms. The van der Waals surface area contributed by atoms with Crippen LogP contribution in [0, 0.1) is 0 Å². The Morgan fingerprint density at radius 3 is 2.78 bits per heavy atom. The number of H-pyrrole nitrogens is 1. The van der Waals surface area contributed by atoms with E-state index in [0.717, 1.165) is 11.6 Å². The summed E-state index contributed by atoms with van der Waals surface area (Å²) in [6, 6.07) is 8.84. The van der Waals surface area contributed by atoms with E-state index >= 15 is 0 Å². The highest BCUT2D eigenvalue weighted by molar-refractivity contribution is 6.30. The van der Waals surface area contributed by atoms with Crippen LogP contribution in [0.1, 0.15) is 27.5 Å². The number of hydrogen-bond acceptors (Lipinski definition) is 5. The van der Waals surface area contributed by atoms with E-state index in [1.165, 1.54) is 12.6 Å². The monoisotopic (exact) mass is 329 g/mol. The van der Waals surface area contributed by atoms with E-state index in [0.29, 0.717) is 22.8 Å². The summed E-state index contributed by atoms with van der Waals surface area (Å²) in [4.78, 5) is 16.1. The lowest BCUT2D eigenvalue weighted by atomic mass is 10.0. The van der Waals surface area contributed by atoms with Gasteiger partial charge in [-0.1, -0.05) is 23.7 Å². The molecule has 0 aliphatic rings. The van der Waals surface area contributed by atoms with Gasteiger partial charge in [-0.25, -0.2) is 4.98 Å². The van der Waals surface area contributed by atoms with Crippen LogP contribution in [0.15, 0.2) is 53.4 Å². The molecule has 0 aliphatic heterocycles. The number of aliphatic hydroxyl groups excluding tert-OH is 1. The van der Waals surface area contributed by atoms with Gasteiger partial charge in [-0.3, -0.25) is 9.89 Å². The molecule has 2 heterocycles. The van der Waals surface area contributed by atoms with E-state index in [4.69, 9.17) is 16.0 Å². The van der Waals surface area contributed by atoms with Crippen LogP contribution in [0.4, 0.5) is 0 Å². The number of allylic oxidation sites excluding steroid dienone is 1. The first-order valence-electron chi connectivity index (χ1n) is 6.75. The molecule has 0 radical (unpaired) electrons. The van der Waals surface area contributed by atoms with Gasteiger partial charge in [0.1, 0.15) is 12.1 Å². The van der Waals surface area contributed by atoms with Gasteiger partial charge in [0, 0.05) is 17.5 Å². The molecule has 7 heteroatoms. The van der Waals surface area contributed by atoms with E-state index in [1.54, 1.807) is 18.2 Å². The smallest absolute Gasteiger partial charge is 0.215 e. The third-order valence-corrected chi connectivity index (χ3v) is 3.45. The maximum absolute atomic E-state index is 12.3. The van der Waals surface area contributed by atoms with Gasteiger partial charge < -0.3 is 9.52 Å². The minimum Gasteiger partial charge on any atom is -0.504 e. The van der Waals surface area contributed by atoms with Crippen LogP contribution >= 0.6 is 11.6 Å². The average molecular weight is 330 g/mol. The summed E-state index contributed by atoms with van der Waals surface area (Å²) in [5.74, 6) is -0.127. The topological polar surface area (TPSA) is 92.0 Å². The number of hydrogen-bond donors (Lipinski definition) is 2. The molecule has 1 aromatic carbocycles. The molecule has 23 heavy (non-hydrogen) atoms. The minimum atomic E-state index is -0.384. The molecule has 0 fully saturated rings. The van der Waals surface area contributed by atoms with E-state index < -0.39 is 0 Å². The second kappa shape index (κ2) is 6.50. The van der Waals surface area contributed by atoms with Gasteiger partial charge in [0.05, 0.1) is 11.8 Å². The summed E-state index contributed by atoms with van der Waals surface area (Å²) < 4.78 is 5.39. The number of benzene rings is 1. The molecule has 2 aromatic heterocycles. The quantitative estimate of drug-likeness (QED) is 0.425. The number of carbonyl (C=O) groups is 1. The Hall–Kier alpha value is -2.86. The first kappa shape index (κ1) is 15.1. The third-order valence-electron chi connectivity index (χ3n) is 3.20. The molecule has 3 aromatic rings. The fourth-order valence-corrected chi connectivity index (χ4v) is 2.21. The molecule has 3 rings (SSSR count). The SMILES string of the molecule is O=C(C=C(O)c1nc[nH]n1)c1ccoc1Cc1ccc(Cl)cc1. The van der Waals surface area contributed by atoms with Crippen LogP contribution < -0.4 is 0 Å². The molecule has 0 atom stereocenters. The Labute approximate surface area is 136 Å². The fourth-order valence-electron chi connectivity index (χ4n) is 2.08. The number of furan rings is 1. The number of nitrogens with zero attached hydrogens (tertiary/aromatic N) is 2. The summed E-state index contributed by atoms with van der Waals surface area (Å²) in [6.07, 6.45) is 4.27. The Bertz CT molecular complexity index is 836. The highest BCUT2D eigenvalue weighted by Gasteiger charge is 2.15. The number of rotatable bonds is 5. The molecule has 0 saturated carbocycles. The van der Waals surface area contributed by atoms with Crippen molar-refractivity contribution in [1.82, 2.24) is 15.2 Å². The zero-order valence-corrected chi connectivity index (χ0v) is 12.6. The number of carbonyl (C=O) groups excluding carboxylic acids is 1. The number of aromatic nitrogens is 3. The summed E-state index contributed by atoms with van der Waals surface area (Å²) in [5.41, 5.74) is 1.34. The summed E-state index contributed by atoms with van der Waals surface area (Å²) in [7, 11) is 0. The van der Waals surface area contributed by atoms with Crippen molar-refractivity contribution in [2.24, 2.45) is 0 Å². The van der Waals surface area contributed by atoms with Crippen LogP contribution in [0.5, 0.6) is 0 Å². The van der Waals surface area contributed by atoms with Crippen LogP contribution in [0.3, 0.4) is 0 Å². The largest absolute Gasteiger partial charge is 0.504 e. The summed E-state index contributed by atoms with van der Waals surface area (Å²) >= 11 is 5.85. The van der Waals surface area contributed by atoms with Crippen molar-refractivity contribution < 1.29 is 14.3 Å². The third kappa shape index (κ3) is 3.49. The van der Waals surface area contributed by atoms with E-state index in [-0.39, 0.29) is 17.4 Å². The Balaban J connectivity index is 1.81. The van der Waals surface area contributed by atoms with E-state index in [9.17, 15) is 9.90 Å². The molecular formula is C16H12ClN3O3. The van der Waals surface area contributed by atoms with Gasteiger partial charge >= 0.3 is 0 Å². The second-order valence-electron chi connectivity index (χ2n) is 4.78. The zero-order chi connectivity index (χ0) is 16.2. The van der Waals surface area contributed by atoms with E-state index in [1.807, 2.05) is 12.1 Å². The predicted octanol–water partition coefficient (Wildman–Crippen LogP) is 3.42. The van der Waals surface area contributed by atoms with Crippen molar-refractivity contribution >= 4 is 23.1 Å². The number of aromatic amines is 1. The highest BCUT2D eigenvalue weighted by atomic mass is 35.5. The molecule has 6 nitrogen and oxygen atoms in total. The lowest BCUT2D eigenvalue weighted by Gasteiger charge is -2.01. The van der Waals surface area contributed by atoms with Crippen molar-refractivity contribution in [2.45, 2.75) is 6.42 Å². The van der Waals surface area contributed by atoms with Gasteiger partial charge in [0.15, 0.2) is 11.5 Å². The lowest BCUT2D eigenvalue weighted by Crippen LogP contribution is -2.00. The molecule has 0 saturated heterocycles. The number of nitrogens with one attached hydrogen (secondary N) is 1. The van der Waals surface area contributed by atoms with Gasteiger partial charge in [-0.15, -0.1) is 0 Å². The van der Waals surface area contributed by atoms with Crippen LogP contribution in [0.25, 0.3) is 5.76 Å². The molecule has 2 N–H and O–H groups in total.